The van der Waals surface area contributed by atoms with Crippen molar-refractivity contribution in [3.63, 3.8) is 0 Å². The minimum Gasteiger partial charge on any atom is -0.340 e. The van der Waals surface area contributed by atoms with Crippen molar-refractivity contribution in [3.05, 3.63) is 71.4 Å². The third kappa shape index (κ3) is 4.86. The zero-order valence-corrected chi connectivity index (χ0v) is 18.9. The van der Waals surface area contributed by atoms with Crippen molar-refractivity contribution in [2.45, 2.75) is 25.7 Å². The molecular formula is C23H27N5O2S. The number of piperazine rings is 1. The second kappa shape index (κ2) is 8.64. The lowest BCUT2D eigenvalue weighted by molar-refractivity contribution is 0.382. The molecule has 3 aromatic rings. The van der Waals surface area contributed by atoms with Crippen LogP contribution in [0.4, 0.5) is 17.5 Å². The summed E-state index contributed by atoms with van der Waals surface area (Å²) in [5.41, 5.74) is 3.95. The Morgan fingerprint density at radius 2 is 1.55 bits per heavy atom. The number of hydrogen-bond acceptors (Lipinski definition) is 6. The number of nitrogens with zero attached hydrogens (tertiary/aromatic N) is 4. The fraction of sp³-hybridized carbons (Fsp3) is 0.304. The summed E-state index contributed by atoms with van der Waals surface area (Å²) in [6.45, 7) is 7.76. The molecule has 0 bridgehead atoms. The molecule has 2 heterocycles. The van der Waals surface area contributed by atoms with Crippen LogP contribution in [-0.2, 0) is 10.0 Å². The third-order valence-corrected chi connectivity index (χ3v) is 7.21. The Morgan fingerprint density at radius 3 is 2.23 bits per heavy atom. The van der Waals surface area contributed by atoms with Gasteiger partial charge < -0.3 is 10.2 Å². The first-order valence-corrected chi connectivity index (χ1v) is 11.8. The molecule has 4 rings (SSSR count). The molecule has 2 aromatic carbocycles. The number of anilines is 3. The second-order valence-corrected chi connectivity index (χ2v) is 9.83. The Balaban J connectivity index is 1.47. The van der Waals surface area contributed by atoms with Crippen LogP contribution in [0, 0.1) is 20.8 Å². The number of hydrogen-bond donors (Lipinski definition) is 1. The Bertz CT molecular complexity index is 1170. The first kappa shape index (κ1) is 21.3. The summed E-state index contributed by atoms with van der Waals surface area (Å²) in [5.74, 6) is 1.34. The number of benzene rings is 2. The summed E-state index contributed by atoms with van der Waals surface area (Å²) in [5, 5.41) is 3.33. The van der Waals surface area contributed by atoms with Gasteiger partial charge in [-0.05, 0) is 50.6 Å². The zero-order valence-electron chi connectivity index (χ0n) is 18.0. The predicted molar refractivity (Wildman–Crippen MR) is 123 cm³/mol. The van der Waals surface area contributed by atoms with Crippen LogP contribution in [-0.4, -0.2) is 48.9 Å². The Kier molecular flexibility index (Phi) is 5.93. The van der Waals surface area contributed by atoms with Crippen molar-refractivity contribution in [1.82, 2.24) is 14.3 Å². The van der Waals surface area contributed by atoms with Crippen LogP contribution in [0.1, 0.15) is 16.8 Å². The van der Waals surface area contributed by atoms with Gasteiger partial charge in [-0.1, -0.05) is 29.8 Å². The number of rotatable bonds is 5. The molecule has 1 N–H and O–H groups in total. The van der Waals surface area contributed by atoms with Crippen molar-refractivity contribution in [3.8, 4) is 0 Å². The van der Waals surface area contributed by atoms with E-state index in [2.05, 4.69) is 22.2 Å². The fourth-order valence-corrected chi connectivity index (χ4v) is 5.12. The summed E-state index contributed by atoms with van der Waals surface area (Å²) < 4.78 is 27.5. The van der Waals surface area contributed by atoms with E-state index in [1.807, 2.05) is 55.1 Å². The molecule has 1 aromatic heterocycles. The average Bonchev–Trinajstić information content (AvgIpc) is 2.75. The van der Waals surface area contributed by atoms with Gasteiger partial charge in [0.05, 0.1) is 4.90 Å². The molecule has 1 aliphatic rings. The highest BCUT2D eigenvalue weighted by molar-refractivity contribution is 7.89. The lowest BCUT2D eigenvalue weighted by Gasteiger charge is -2.34. The van der Waals surface area contributed by atoms with Gasteiger partial charge in [0, 0.05) is 43.6 Å². The molecule has 0 spiro atoms. The minimum absolute atomic E-state index is 0.345. The highest BCUT2D eigenvalue weighted by Gasteiger charge is 2.29. The standard InChI is InChI=1S/C23H27N5O2S/c1-17-7-9-20(10-8-17)25-22-16-19(3)24-23(26-22)27-11-13-28(14-12-27)31(29,30)21-6-4-5-18(2)15-21/h4-10,15-16H,11-14H2,1-3H3,(H,24,25,26). The van der Waals surface area contributed by atoms with E-state index in [4.69, 9.17) is 0 Å². The molecule has 0 radical (unpaired) electrons. The van der Waals surface area contributed by atoms with Gasteiger partial charge in [-0.25, -0.2) is 13.4 Å². The van der Waals surface area contributed by atoms with Crippen LogP contribution >= 0.6 is 0 Å². The van der Waals surface area contributed by atoms with Crippen LogP contribution in [0.5, 0.6) is 0 Å². The van der Waals surface area contributed by atoms with E-state index in [9.17, 15) is 8.42 Å². The zero-order chi connectivity index (χ0) is 22.0. The molecule has 1 saturated heterocycles. The molecule has 0 atom stereocenters. The summed E-state index contributed by atoms with van der Waals surface area (Å²) in [6.07, 6.45) is 0. The lowest BCUT2D eigenvalue weighted by Crippen LogP contribution is -2.49. The average molecular weight is 438 g/mol. The Hall–Kier alpha value is -2.97. The van der Waals surface area contributed by atoms with E-state index in [0.717, 1.165) is 22.8 Å². The van der Waals surface area contributed by atoms with E-state index in [0.29, 0.717) is 37.0 Å². The number of aryl methyl sites for hydroxylation is 3. The third-order valence-electron chi connectivity index (χ3n) is 5.32. The van der Waals surface area contributed by atoms with Crippen LogP contribution in [0.3, 0.4) is 0 Å². The maximum absolute atomic E-state index is 13.0. The van der Waals surface area contributed by atoms with Crippen LogP contribution in [0.25, 0.3) is 0 Å². The molecule has 8 heteroatoms. The number of aromatic nitrogens is 2. The molecule has 1 fully saturated rings. The quantitative estimate of drug-likeness (QED) is 0.656. The molecule has 31 heavy (non-hydrogen) atoms. The summed E-state index contributed by atoms with van der Waals surface area (Å²) in [4.78, 5) is 11.6. The van der Waals surface area contributed by atoms with Crippen LogP contribution in [0.2, 0.25) is 0 Å². The largest absolute Gasteiger partial charge is 0.340 e. The first-order chi connectivity index (χ1) is 14.8. The van der Waals surface area contributed by atoms with Gasteiger partial charge in [0.1, 0.15) is 5.82 Å². The van der Waals surface area contributed by atoms with Crippen molar-refractivity contribution in [2.24, 2.45) is 0 Å². The van der Waals surface area contributed by atoms with Crippen molar-refractivity contribution in [2.75, 3.05) is 36.4 Å². The Labute approximate surface area is 183 Å². The molecule has 7 nitrogen and oxygen atoms in total. The highest BCUT2D eigenvalue weighted by Crippen LogP contribution is 2.22. The normalized spacial score (nSPS) is 15.1. The van der Waals surface area contributed by atoms with Crippen LogP contribution in [0.15, 0.2) is 59.5 Å². The molecule has 1 aliphatic heterocycles. The molecular weight excluding hydrogens is 410 g/mol. The molecule has 162 valence electrons. The van der Waals surface area contributed by atoms with Gasteiger partial charge >= 0.3 is 0 Å². The smallest absolute Gasteiger partial charge is 0.243 e. The fourth-order valence-electron chi connectivity index (χ4n) is 3.60. The summed E-state index contributed by atoms with van der Waals surface area (Å²) in [6, 6.07) is 17.1. The molecule has 0 saturated carbocycles. The van der Waals surface area contributed by atoms with E-state index in [-0.39, 0.29) is 0 Å². The molecule has 0 amide bonds. The topological polar surface area (TPSA) is 78.4 Å². The van der Waals surface area contributed by atoms with Gasteiger partial charge in [-0.15, -0.1) is 0 Å². The maximum Gasteiger partial charge on any atom is 0.243 e. The predicted octanol–water partition coefficient (Wildman–Crippen LogP) is 3.66. The van der Waals surface area contributed by atoms with Gasteiger partial charge in [0.15, 0.2) is 0 Å². The van der Waals surface area contributed by atoms with Gasteiger partial charge in [0.2, 0.25) is 16.0 Å². The number of nitrogens with one attached hydrogen (secondary N) is 1. The van der Waals surface area contributed by atoms with E-state index >= 15 is 0 Å². The van der Waals surface area contributed by atoms with Crippen molar-refractivity contribution in [1.29, 1.82) is 0 Å². The SMILES string of the molecule is Cc1ccc(Nc2cc(C)nc(N3CCN(S(=O)(=O)c4cccc(C)c4)CC3)n2)cc1. The van der Waals surface area contributed by atoms with Gasteiger partial charge in [-0.3, -0.25) is 0 Å². The first-order valence-electron chi connectivity index (χ1n) is 10.3. The van der Waals surface area contributed by atoms with E-state index < -0.39 is 10.0 Å². The summed E-state index contributed by atoms with van der Waals surface area (Å²) >= 11 is 0. The summed E-state index contributed by atoms with van der Waals surface area (Å²) in [7, 11) is -3.50. The maximum atomic E-state index is 13.0. The van der Waals surface area contributed by atoms with Gasteiger partial charge in [-0.2, -0.15) is 9.29 Å². The monoisotopic (exact) mass is 437 g/mol. The second-order valence-electron chi connectivity index (χ2n) is 7.89. The van der Waals surface area contributed by atoms with Crippen molar-refractivity contribution < 1.29 is 8.42 Å². The number of sulfonamides is 1. The van der Waals surface area contributed by atoms with Gasteiger partial charge in [0.25, 0.3) is 0 Å². The van der Waals surface area contributed by atoms with Crippen LogP contribution < -0.4 is 10.2 Å². The molecule has 0 aliphatic carbocycles. The molecule has 0 unspecified atom stereocenters. The van der Waals surface area contributed by atoms with E-state index in [1.165, 1.54) is 5.56 Å². The van der Waals surface area contributed by atoms with E-state index in [1.54, 1.807) is 22.5 Å². The Morgan fingerprint density at radius 1 is 0.839 bits per heavy atom. The minimum atomic E-state index is -3.50. The van der Waals surface area contributed by atoms with Crippen molar-refractivity contribution >= 4 is 27.5 Å². The highest BCUT2D eigenvalue weighted by atomic mass is 32.2. The lowest BCUT2D eigenvalue weighted by atomic mass is 10.2.